The number of fused-ring (bicyclic) bond motifs is 1. The van der Waals surface area contributed by atoms with Crippen LogP contribution in [0.3, 0.4) is 0 Å². The van der Waals surface area contributed by atoms with Gasteiger partial charge in [0, 0.05) is 5.56 Å². The molecule has 2 heterocycles. The van der Waals surface area contributed by atoms with Crippen molar-refractivity contribution in [1.29, 1.82) is 0 Å². The summed E-state index contributed by atoms with van der Waals surface area (Å²) in [6.45, 7) is -0.321. The van der Waals surface area contributed by atoms with Crippen molar-refractivity contribution in [3.8, 4) is 22.5 Å². The molecule has 1 saturated carbocycles. The molecule has 2 aromatic carbocycles. The predicted molar refractivity (Wildman–Crippen MR) is 128 cm³/mol. The molecule has 0 spiro atoms. The Kier molecular flexibility index (Phi) is 5.78. The molecule has 5 rings (SSSR count). The largest absolute Gasteiger partial charge is 0.391 e. The highest BCUT2D eigenvalue weighted by molar-refractivity contribution is 7.84. The van der Waals surface area contributed by atoms with Gasteiger partial charge in [0.05, 0.1) is 18.2 Å². The van der Waals surface area contributed by atoms with Crippen LogP contribution >= 0.6 is 0 Å². The topological polar surface area (TPSA) is 156 Å². The van der Waals surface area contributed by atoms with Gasteiger partial charge in [-0.1, -0.05) is 48.5 Å². The van der Waals surface area contributed by atoms with Crippen molar-refractivity contribution in [1.82, 2.24) is 19.9 Å². The van der Waals surface area contributed by atoms with Crippen LogP contribution in [0.5, 0.6) is 0 Å². The minimum absolute atomic E-state index is 0.321. The molecule has 2 aromatic heterocycles. The fourth-order valence-corrected chi connectivity index (χ4v) is 4.74. The first-order valence-corrected chi connectivity index (χ1v) is 12.3. The van der Waals surface area contributed by atoms with Crippen LogP contribution in [-0.4, -0.2) is 51.7 Å². The number of aromatic nitrogens is 4. The van der Waals surface area contributed by atoms with Gasteiger partial charge >= 0.3 is 10.3 Å². The molecule has 2 atom stereocenters. The SMILES string of the molecule is NS(=O)(=O)OCC1(Nc2ncnc3nc(-c4cccc(-c5ccccc5)c4)[nH]c23)CCCC1O. The molecule has 34 heavy (non-hydrogen) atoms. The standard InChI is InChI=1S/C23H24N6O4S/c24-34(31,32)33-13-23(11-5-10-18(23)30)29-22-19-21(25-14-26-22)28-20(27-19)17-9-4-8-16(12-17)15-6-2-1-3-7-15/h1-4,6-9,12,14,18,30H,5,10-11,13H2,(H2,24,31,32)(H2,25,26,27,28,29). The molecule has 11 heteroatoms. The molecule has 2 unspecified atom stereocenters. The van der Waals surface area contributed by atoms with E-state index in [0.717, 1.165) is 16.7 Å². The summed E-state index contributed by atoms with van der Waals surface area (Å²) in [5.41, 5.74) is 2.93. The molecule has 0 bridgehead atoms. The van der Waals surface area contributed by atoms with Crippen LogP contribution < -0.4 is 10.5 Å². The van der Waals surface area contributed by atoms with E-state index in [1.54, 1.807) is 0 Å². The van der Waals surface area contributed by atoms with Gasteiger partial charge in [-0.25, -0.2) is 20.1 Å². The van der Waals surface area contributed by atoms with Gasteiger partial charge in [-0.2, -0.15) is 8.42 Å². The van der Waals surface area contributed by atoms with Crippen molar-refractivity contribution in [2.75, 3.05) is 11.9 Å². The molecule has 10 nitrogen and oxygen atoms in total. The van der Waals surface area contributed by atoms with Gasteiger partial charge < -0.3 is 15.4 Å². The lowest BCUT2D eigenvalue weighted by molar-refractivity contribution is 0.0886. The molecular weight excluding hydrogens is 456 g/mol. The smallest absolute Gasteiger partial charge is 0.333 e. The van der Waals surface area contributed by atoms with Gasteiger partial charge in [-0.3, -0.25) is 4.18 Å². The zero-order valence-corrected chi connectivity index (χ0v) is 19.0. The number of aromatic amines is 1. The predicted octanol–water partition coefficient (Wildman–Crippen LogP) is 2.60. The summed E-state index contributed by atoms with van der Waals surface area (Å²) in [6, 6.07) is 18.0. The summed E-state index contributed by atoms with van der Waals surface area (Å²) in [4.78, 5) is 16.5. The van der Waals surface area contributed by atoms with Crippen molar-refractivity contribution < 1.29 is 17.7 Å². The van der Waals surface area contributed by atoms with Gasteiger partial charge in [0.25, 0.3) is 0 Å². The first-order chi connectivity index (χ1) is 16.3. The normalized spacial score (nSPS) is 20.6. The van der Waals surface area contributed by atoms with Crippen molar-refractivity contribution in [2.24, 2.45) is 5.14 Å². The number of hydrogen-bond acceptors (Lipinski definition) is 8. The van der Waals surface area contributed by atoms with Crippen molar-refractivity contribution in [3.63, 3.8) is 0 Å². The summed E-state index contributed by atoms with van der Waals surface area (Å²) in [6.07, 6.45) is 2.19. The van der Waals surface area contributed by atoms with Crippen LogP contribution in [0.2, 0.25) is 0 Å². The molecule has 0 amide bonds. The summed E-state index contributed by atoms with van der Waals surface area (Å²) < 4.78 is 27.7. The maximum atomic E-state index is 11.4. The number of benzene rings is 2. The highest BCUT2D eigenvalue weighted by Crippen LogP contribution is 2.35. The molecular formula is C23H24N6O4S. The Morgan fingerprint density at radius 2 is 1.88 bits per heavy atom. The maximum Gasteiger partial charge on any atom is 0.333 e. The van der Waals surface area contributed by atoms with Gasteiger partial charge in [-0.05, 0) is 36.5 Å². The highest BCUT2D eigenvalue weighted by Gasteiger charge is 2.44. The maximum absolute atomic E-state index is 11.4. The monoisotopic (exact) mass is 480 g/mol. The van der Waals surface area contributed by atoms with Crippen LogP contribution in [0, 0.1) is 0 Å². The average Bonchev–Trinajstić information content (AvgIpc) is 3.43. The second-order valence-corrected chi connectivity index (χ2v) is 9.62. The van der Waals surface area contributed by atoms with E-state index in [1.807, 2.05) is 54.6 Å². The number of imidazole rings is 1. The van der Waals surface area contributed by atoms with Crippen molar-refractivity contribution >= 4 is 27.3 Å². The number of aliphatic hydroxyl groups is 1. The molecule has 0 aliphatic heterocycles. The number of hydrogen-bond donors (Lipinski definition) is 4. The third kappa shape index (κ3) is 4.50. The van der Waals surface area contributed by atoms with Crippen LogP contribution in [0.1, 0.15) is 19.3 Å². The van der Waals surface area contributed by atoms with Gasteiger partial charge in [-0.15, -0.1) is 0 Å². The fourth-order valence-electron chi connectivity index (χ4n) is 4.36. The van der Waals surface area contributed by atoms with Crippen LogP contribution in [-0.2, 0) is 14.5 Å². The fraction of sp³-hybridized carbons (Fsp3) is 0.261. The Balaban J connectivity index is 1.50. The molecule has 0 radical (unpaired) electrons. The lowest BCUT2D eigenvalue weighted by Crippen LogP contribution is -2.50. The molecule has 1 aliphatic carbocycles. The third-order valence-electron chi connectivity index (χ3n) is 6.12. The molecule has 5 N–H and O–H groups in total. The van der Waals surface area contributed by atoms with E-state index in [9.17, 15) is 13.5 Å². The molecule has 4 aromatic rings. The molecule has 1 aliphatic rings. The number of rotatable bonds is 7. The number of nitrogens with zero attached hydrogens (tertiary/aromatic N) is 3. The zero-order chi connectivity index (χ0) is 23.8. The highest BCUT2D eigenvalue weighted by atomic mass is 32.2. The van der Waals surface area contributed by atoms with E-state index < -0.39 is 21.9 Å². The summed E-state index contributed by atoms with van der Waals surface area (Å²) in [5.74, 6) is 1.00. The Labute approximate surface area is 196 Å². The van der Waals surface area contributed by atoms with E-state index in [4.69, 9.17) is 9.32 Å². The second-order valence-electron chi connectivity index (χ2n) is 8.40. The van der Waals surface area contributed by atoms with Gasteiger partial charge in [0.15, 0.2) is 11.5 Å². The number of aliphatic hydroxyl groups excluding tert-OH is 1. The van der Waals surface area contributed by atoms with Crippen LogP contribution in [0.25, 0.3) is 33.7 Å². The summed E-state index contributed by atoms with van der Waals surface area (Å²) in [7, 11) is -4.17. The zero-order valence-electron chi connectivity index (χ0n) is 18.2. The van der Waals surface area contributed by atoms with Crippen molar-refractivity contribution in [3.05, 3.63) is 60.9 Å². The Hall–Kier alpha value is -3.38. The van der Waals surface area contributed by atoms with Crippen LogP contribution in [0.15, 0.2) is 60.9 Å². The Morgan fingerprint density at radius 1 is 1.12 bits per heavy atom. The lowest BCUT2D eigenvalue weighted by atomic mass is 9.96. The number of nitrogens with one attached hydrogen (secondary N) is 2. The first kappa shape index (κ1) is 22.4. The van der Waals surface area contributed by atoms with Crippen molar-refractivity contribution in [2.45, 2.75) is 30.9 Å². The van der Waals surface area contributed by atoms with E-state index in [-0.39, 0.29) is 6.61 Å². The lowest BCUT2D eigenvalue weighted by Gasteiger charge is -2.33. The Bertz CT molecular complexity index is 1430. The summed E-state index contributed by atoms with van der Waals surface area (Å²) >= 11 is 0. The minimum Gasteiger partial charge on any atom is -0.391 e. The second kappa shape index (κ2) is 8.76. The Morgan fingerprint density at radius 3 is 2.62 bits per heavy atom. The summed E-state index contributed by atoms with van der Waals surface area (Å²) in [5, 5.41) is 18.9. The van der Waals surface area contributed by atoms with E-state index in [1.165, 1.54) is 6.33 Å². The van der Waals surface area contributed by atoms with Gasteiger partial charge in [0.1, 0.15) is 17.7 Å². The van der Waals surface area contributed by atoms with Gasteiger partial charge in [0.2, 0.25) is 0 Å². The molecule has 1 fully saturated rings. The van der Waals surface area contributed by atoms with E-state index >= 15 is 0 Å². The molecule has 176 valence electrons. The molecule has 0 saturated heterocycles. The minimum atomic E-state index is -4.17. The number of nitrogens with two attached hydrogens (primary N) is 1. The first-order valence-electron chi connectivity index (χ1n) is 10.8. The number of H-pyrrole nitrogens is 1. The number of anilines is 1. The van der Waals surface area contributed by atoms with Crippen LogP contribution in [0.4, 0.5) is 5.82 Å². The average molecular weight is 481 g/mol. The quantitative estimate of drug-likeness (QED) is 0.314. The van der Waals surface area contributed by atoms with E-state index in [0.29, 0.717) is 42.1 Å². The van der Waals surface area contributed by atoms with E-state index in [2.05, 4.69) is 25.3 Å². The third-order valence-corrected chi connectivity index (χ3v) is 6.56.